The Labute approximate surface area is 219 Å². The zero-order valence-corrected chi connectivity index (χ0v) is 21.2. The molecule has 1 aliphatic rings. The van der Waals surface area contributed by atoms with Gasteiger partial charge in [0.2, 0.25) is 5.91 Å². The largest absolute Gasteiger partial charge is 0.457 e. The topological polar surface area (TPSA) is 82.7 Å². The van der Waals surface area contributed by atoms with Gasteiger partial charge in [0.1, 0.15) is 11.5 Å². The highest BCUT2D eigenvalue weighted by Gasteiger charge is 2.16. The molecule has 0 saturated carbocycles. The number of carbonyl (C=O) groups is 2. The third kappa shape index (κ3) is 9.28. The predicted octanol–water partition coefficient (Wildman–Crippen LogP) is 5.20. The van der Waals surface area contributed by atoms with Crippen LogP contribution in [-0.4, -0.2) is 49.1 Å². The molecular weight excluding hydrogens is 464 g/mol. The van der Waals surface area contributed by atoms with Gasteiger partial charge in [-0.05, 0) is 80.7 Å². The van der Waals surface area contributed by atoms with E-state index in [0.717, 1.165) is 30.9 Å². The Morgan fingerprint density at radius 2 is 1.49 bits per heavy atom. The first-order valence-electron chi connectivity index (χ1n) is 13.1. The number of amides is 3. The first kappa shape index (κ1) is 26.2. The molecule has 7 heteroatoms. The van der Waals surface area contributed by atoms with Gasteiger partial charge in [0.05, 0.1) is 0 Å². The minimum absolute atomic E-state index is 0.0217. The molecular formula is C30H36N4O3. The Balaban J connectivity index is 1.26. The van der Waals surface area contributed by atoms with E-state index in [1.165, 1.54) is 12.8 Å². The molecule has 0 bridgehead atoms. The van der Waals surface area contributed by atoms with Gasteiger partial charge >= 0.3 is 6.03 Å². The van der Waals surface area contributed by atoms with Crippen molar-refractivity contribution in [3.8, 4) is 11.5 Å². The molecule has 0 spiro atoms. The van der Waals surface area contributed by atoms with Gasteiger partial charge in [0, 0.05) is 31.2 Å². The zero-order chi connectivity index (χ0) is 25.7. The van der Waals surface area contributed by atoms with Crippen molar-refractivity contribution >= 4 is 17.6 Å². The standard InChI is InChI=1S/C30H36N4O3/c35-29(31-19-22-34-20-7-8-21-34)18-15-26(23-24-9-3-1-4-10-24)33-30(36)32-25-13-16-28(17-14-25)37-27-11-5-2-6-12-27/h1-6,9-14,16-17,26H,7-8,15,18-23H2,(H,31,35)(H2,32,33,36). The summed E-state index contributed by atoms with van der Waals surface area (Å²) in [6.45, 7) is 3.81. The smallest absolute Gasteiger partial charge is 0.319 e. The number of hydrogen-bond acceptors (Lipinski definition) is 4. The number of urea groups is 1. The van der Waals surface area contributed by atoms with Crippen LogP contribution in [0.3, 0.4) is 0 Å². The summed E-state index contributed by atoms with van der Waals surface area (Å²) in [6.07, 6.45) is 4.06. The number of benzene rings is 3. The molecule has 3 amide bonds. The molecule has 37 heavy (non-hydrogen) atoms. The van der Waals surface area contributed by atoms with Crippen molar-refractivity contribution in [3.05, 3.63) is 90.5 Å². The molecule has 194 valence electrons. The maximum atomic E-state index is 12.8. The van der Waals surface area contributed by atoms with Crippen LogP contribution in [0.1, 0.15) is 31.2 Å². The number of anilines is 1. The van der Waals surface area contributed by atoms with Crippen molar-refractivity contribution in [3.63, 3.8) is 0 Å². The van der Waals surface area contributed by atoms with Gasteiger partial charge in [-0.3, -0.25) is 4.79 Å². The summed E-state index contributed by atoms with van der Waals surface area (Å²) >= 11 is 0. The van der Waals surface area contributed by atoms with Crippen molar-refractivity contribution < 1.29 is 14.3 Å². The maximum absolute atomic E-state index is 12.8. The number of ether oxygens (including phenoxy) is 1. The predicted molar refractivity (Wildman–Crippen MR) is 147 cm³/mol. The third-order valence-electron chi connectivity index (χ3n) is 6.42. The van der Waals surface area contributed by atoms with Gasteiger partial charge in [-0.15, -0.1) is 0 Å². The monoisotopic (exact) mass is 500 g/mol. The molecule has 0 aliphatic carbocycles. The summed E-state index contributed by atoms with van der Waals surface area (Å²) in [4.78, 5) is 27.6. The van der Waals surface area contributed by atoms with Crippen LogP contribution < -0.4 is 20.7 Å². The molecule has 1 heterocycles. The lowest BCUT2D eigenvalue weighted by Gasteiger charge is -2.20. The average molecular weight is 501 g/mol. The quantitative estimate of drug-likeness (QED) is 0.319. The minimum Gasteiger partial charge on any atom is -0.457 e. The van der Waals surface area contributed by atoms with E-state index >= 15 is 0 Å². The molecule has 3 aromatic carbocycles. The van der Waals surface area contributed by atoms with E-state index in [0.29, 0.717) is 37.2 Å². The molecule has 1 atom stereocenters. The van der Waals surface area contributed by atoms with Crippen LogP contribution in [-0.2, 0) is 11.2 Å². The SMILES string of the molecule is O=C(CCC(Cc1ccccc1)NC(=O)Nc1ccc(Oc2ccccc2)cc1)NCCN1CCCC1. The molecule has 4 rings (SSSR count). The zero-order valence-electron chi connectivity index (χ0n) is 21.2. The van der Waals surface area contributed by atoms with Gasteiger partial charge < -0.3 is 25.6 Å². The summed E-state index contributed by atoms with van der Waals surface area (Å²) < 4.78 is 5.81. The van der Waals surface area contributed by atoms with E-state index in [1.807, 2.05) is 72.8 Å². The van der Waals surface area contributed by atoms with Crippen molar-refractivity contribution in [1.29, 1.82) is 0 Å². The lowest BCUT2D eigenvalue weighted by atomic mass is 10.0. The fourth-order valence-corrected chi connectivity index (χ4v) is 4.46. The second-order valence-corrected chi connectivity index (χ2v) is 9.36. The van der Waals surface area contributed by atoms with Crippen molar-refractivity contribution in [2.24, 2.45) is 0 Å². The lowest BCUT2D eigenvalue weighted by Crippen LogP contribution is -2.40. The van der Waals surface area contributed by atoms with Crippen LogP contribution in [0.25, 0.3) is 0 Å². The average Bonchev–Trinajstić information content (AvgIpc) is 3.43. The normalized spacial score (nSPS) is 14.1. The van der Waals surface area contributed by atoms with Crippen LogP contribution in [0.2, 0.25) is 0 Å². The van der Waals surface area contributed by atoms with Crippen molar-refractivity contribution in [1.82, 2.24) is 15.5 Å². The van der Waals surface area contributed by atoms with Crippen LogP contribution >= 0.6 is 0 Å². The van der Waals surface area contributed by atoms with E-state index in [1.54, 1.807) is 12.1 Å². The molecule has 1 fully saturated rings. The summed E-state index contributed by atoms with van der Waals surface area (Å²) in [6, 6.07) is 26.3. The van der Waals surface area contributed by atoms with Gasteiger partial charge in [-0.1, -0.05) is 48.5 Å². The summed E-state index contributed by atoms with van der Waals surface area (Å²) in [5.41, 5.74) is 1.78. The first-order valence-corrected chi connectivity index (χ1v) is 13.1. The maximum Gasteiger partial charge on any atom is 0.319 e. The Morgan fingerprint density at radius 3 is 2.19 bits per heavy atom. The number of carbonyl (C=O) groups excluding carboxylic acids is 2. The number of nitrogens with one attached hydrogen (secondary N) is 3. The molecule has 3 aromatic rings. The second kappa shape index (κ2) is 14.0. The van der Waals surface area contributed by atoms with E-state index in [4.69, 9.17) is 4.74 Å². The van der Waals surface area contributed by atoms with E-state index in [9.17, 15) is 9.59 Å². The number of nitrogens with zero attached hydrogens (tertiary/aromatic N) is 1. The van der Waals surface area contributed by atoms with Crippen LogP contribution in [0.5, 0.6) is 11.5 Å². The second-order valence-electron chi connectivity index (χ2n) is 9.36. The Kier molecular flexibility index (Phi) is 9.95. The molecule has 7 nitrogen and oxygen atoms in total. The molecule has 1 saturated heterocycles. The summed E-state index contributed by atoms with van der Waals surface area (Å²) in [5.74, 6) is 1.47. The molecule has 3 N–H and O–H groups in total. The summed E-state index contributed by atoms with van der Waals surface area (Å²) in [5, 5.41) is 8.97. The van der Waals surface area contributed by atoms with E-state index in [-0.39, 0.29) is 18.0 Å². The number of likely N-dealkylation sites (tertiary alicyclic amines) is 1. The van der Waals surface area contributed by atoms with Gasteiger partial charge in [-0.2, -0.15) is 0 Å². The fourth-order valence-electron chi connectivity index (χ4n) is 4.46. The highest BCUT2D eigenvalue weighted by atomic mass is 16.5. The highest BCUT2D eigenvalue weighted by Crippen LogP contribution is 2.22. The van der Waals surface area contributed by atoms with Crippen molar-refractivity contribution in [2.45, 2.75) is 38.1 Å². The number of rotatable bonds is 12. The first-order chi connectivity index (χ1) is 18.1. The highest BCUT2D eigenvalue weighted by molar-refractivity contribution is 5.89. The van der Waals surface area contributed by atoms with Crippen LogP contribution in [0.4, 0.5) is 10.5 Å². The van der Waals surface area contributed by atoms with Crippen LogP contribution in [0, 0.1) is 0 Å². The Bertz CT molecular complexity index is 1100. The Hall–Kier alpha value is -3.84. The van der Waals surface area contributed by atoms with Crippen molar-refractivity contribution in [2.75, 3.05) is 31.5 Å². The lowest BCUT2D eigenvalue weighted by molar-refractivity contribution is -0.121. The molecule has 0 radical (unpaired) electrons. The van der Waals surface area contributed by atoms with Gasteiger partial charge in [0.25, 0.3) is 0 Å². The molecule has 1 unspecified atom stereocenters. The third-order valence-corrected chi connectivity index (χ3v) is 6.42. The molecule has 0 aromatic heterocycles. The number of hydrogen-bond donors (Lipinski definition) is 3. The van der Waals surface area contributed by atoms with E-state index in [2.05, 4.69) is 20.9 Å². The Morgan fingerprint density at radius 1 is 0.838 bits per heavy atom. The molecule has 1 aliphatic heterocycles. The minimum atomic E-state index is -0.299. The number of para-hydroxylation sites is 1. The van der Waals surface area contributed by atoms with Gasteiger partial charge in [0.15, 0.2) is 0 Å². The summed E-state index contributed by atoms with van der Waals surface area (Å²) in [7, 11) is 0. The van der Waals surface area contributed by atoms with Crippen LogP contribution in [0.15, 0.2) is 84.9 Å². The van der Waals surface area contributed by atoms with Gasteiger partial charge in [-0.25, -0.2) is 4.79 Å². The van der Waals surface area contributed by atoms with E-state index < -0.39 is 0 Å². The fraction of sp³-hybridized carbons (Fsp3) is 0.333.